The third-order valence-corrected chi connectivity index (χ3v) is 4.67. The predicted octanol–water partition coefficient (Wildman–Crippen LogP) is 2.05. The Morgan fingerprint density at radius 1 is 1.14 bits per heavy atom. The lowest BCUT2D eigenvalue weighted by Gasteiger charge is -2.13. The molecule has 2 aromatic carbocycles. The molecule has 22 heavy (non-hydrogen) atoms. The molecule has 0 fully saturated rings. The van der Waals surface area contributed by atoms with E-state index in [0.29, 0.717) is 28.6 Å². The molecule has 0 saturated heterocycles. The normalized spacial score (nSPS) is 11.4. The Balaban J connectivity index is 2.28. The number of rotatable bonds is 6. The van der Waals surface area contributed by atoms with Gasteiger partial charge in [0.15, 0.2) is 0 Å². The fourth-order valence-electron chi connectivity index (χ4n) is 2.11. The van der Waals surface area contributed by atoms with Crippen LogP contribution in [0.25, 0.3) is 10.8 Å². The summed E-state index contributed by atoms with van der Waals surface area (Å²) in [6.45, 7) is 0.711. The second-order valence-corrected chi connectivity index (χ2v) is 6.67. The summed E-state index contributed by atoms with van der Waals surface area (Å²) in [5, 5.41) is 6.78. The van der Waals surface area contributed by atoms with Crippen LogP contribution in [0.15, 0.2) is 41.3 Å². The van der Waals surface area contributed by atoms with Crippen LogP contribution in [0.5, 0.6) is 0 Å². The fraction of sp³-hybridized carbons (Fsp3) is 0.214. The summed E-state index contributed by atoms with van der Waals surface area (Å²) in [6.07, 6.45) is 0. The molecule has 0 aliphatic rings. The minimum Gasteiger partial charge on any atom is -0.382 e. The van der Waals surface area contributed by atoms with Gasteiger partial charge in [-0.25, -0.2) is 0 Å². The van der Waals surface area contributed by atoms with Gasteiger partial charge in [0.25, 0.3) is 10.1 Å². The third-order valence-electron chi connectivity index (χ3n) is 3.02. The zero-order valence-electron chi connectivity index (χ0n) is 11.5. The van der Waals surface area contributed by atoms with Crippen molar-refractivity contribution in [2.45, 2.75) is 4.90 Å². The maximum Gasteiger partial charge on any atom is 0.297 e. The molecule has 0 heterocycles. The van der Waals surface area contributed by atoms with Crippen molar-refractivity contribution >= 4 is 55.1 Å². The van der Waals surface area contributed by atoms with Crippen LogP contribution in [0.3, 0.4) is 0 Å². The first-order valence-corrected chi connectivity index (χ1v) is 9.46. The van der Waals surface area contributed by atoms with Crippen LogP contribution in [0.2, 0.25) is 0 Å². The van der Waals surface area contributed by atoms with E-state index in [2.05, 4.69) is 10.6 Å². The van der Waals surface area contributed by atoms with E-state index in [1.54, 1.807) is 36.4 Å². The van der Waals surface area contributed by atoms with Crippen molar-refractivity contribution in [3.05, 3.63) is 36.4 Å². The van der Waals surface area contributed by atoms with Gasteiger partial charge in [-0.1, -0.05) is 52.9 Å². The lowest BCUT2D eigenvalue weighted by atomic mass is 10.1. The molecule has 0 atom stereocenters. The molecule has 0 aromatic heterocycles. The number of alkyl halides is 1. The van der Waals surface area contributed by atoms with Crippen LogP contribution >= 0.6 is 22.6 Å². The molecule has 0 bridgehead atoms. The van der Waals surface area contributed by atoms with Gasteiger partial charge < -0.3 is 10.6 Å². The van der Waals surface area contributed by atoms with Gasteiger partial charge >= 0.3 is 0 Å². The first kappa shape index (κ1) is 17.0. The average Bonchev–Trinajstić information content (AvgIpc) is 2.49. The van der Waals surface area contributed by atoms with Gasteiger partial charge in [-0.15, -0.1) is 0 Å². The Kier molecular flexibility index (Phi) is 5.59. The summed E-state index contributed by atoms with van der Waals surface area (Å²) in [6, 6.07) is 10.3. The van der Waals surface area contributed by atoms with Crippen molar-refractivity contribution in [1.29, 1.82) is 0 Å². The summed E-state index contributed by atoms with van der Waals surface area (Å²) in [4.78, 5) is 11.0. The molecule has 0 unspecified atom stereocenters. The van der Waals surface area contributed by atoms with Crippen molar-refractivity contribution in [3.8, 4) is 0 Å². The molecule has 0 spiro atoms. The van der Waals surface area contributed by atoms with Crippen molar-refractivity contribution in [2.75, 3.05) is 22.8 Å². The molecule has 3 N–H and O–H groups in total. The molecule has 8 heteroatoms. The summed E-state index contributed by atoms with van der Waals surface area (Å²) in [5.74, 6) is -0.0871. The minimum atomic E-state index is -4.37. The molecule has 1 amide bonds. The number of benzene rings is 2. The molecule has 0 aliphatic heterocycles. The smallest absolute Gasteiger partial charge is 0.297 e. The highest BCUT2D eigenvalue weighted by atomic mass is 127. The maximum atomic E-state index is 11.7. The van der Waals surface area contributed by atoms with Gasteiger partial charge in [-0.3, -0.25) is 9.35 Å². The highest BCUT2D eigenvalue weighted by Gasteiger charge is 2.19. The second-order valence-electron chi connectivity index (χ2n) is 4.55. The highest BCUT2D eigenvalue weighted by Crippen LogP contribution is 2.30. The minimum absolute atomic E-state index is 0.0871. The van der Waals surface area contributed by atoms with E-state index in [-0.39, 0.29) is 10.8 Å². The average molecular weight is 434 g/mol. The third kappa shape index (κ3) is 4.08. The van der Waals surface area contributed by atoms with Crippen LogP contribution < -0.4 is 10.6 Å². The number of carbonyl (C=O) groups excluding carboxylic acids is 1. The van der Waals surface area contributed by atoms with Gasteiger partial charge in [-0.05, 0) is 11.5 Å². The fourth-order valence-corrected chi connectivity index (χ4v) is 3.26. The van der Waals surface area contributed by atoms with Crippen molar-refractivity contribution in [3.63, 3.8) is 0 Å². The summed E-state index contributed by atoms with van der Waals surface area (Å²) < 4.78 is 33.3. The molecule has 2 aromatic rings. The quantitative estimate of drug-likeness (QED) is 0.280. The lowest BCUT2D eigenvalue weighted by molar-refractivity contribution is -0.118. The first-order valence-electron chi connectivity index (χ1n) is 6.49. The van der Waals surface area contributed by atoms with E-state index in [9.17, 15) is 17.8 Å². The van der Waals surface area contributed by atoms with Crippen LogP contribution in [-0.2, 0) is 14.9 Å². The summed E-state index contributed by atoms with van der Waals surface area (Å²) >= 11 is 1.96. The zero-order valence-corrected chi connectivity index (χ0v) is 14.5. The topological polar surface area (TPSA) is 95.5 Å². The number of anilines is 1. The Bertz CT molecular complexity index is 793. The maximum absolute atomic E-state index is 11.7. The van der Waals surface area contributed by atoms with E-state index in [0.717, 1.165) is 5.39 Å². The van der Waals surface area contributed by atoms with Crippen LogP contribution in [0.1, 0.15) is 0 Å². The number of carbonyl (C=O) groups is 1. The predicted molar refractivity (Wildman–Crippen MR) is 94.1 cm³/mol. The summed E-state index contributed by atoms with van der Waals surface area (Å²) in [5.41, 5.74) is 0.310. The highest BCUT2D eigenvalue weighted by molar-refractivity contribution is 14.1. The van der Waals surface area contributed by atoms with E-state index in [1.807, 2.05) is 22.6 Å². The number of nitrogens with one attached hydrogen (secondary N) is 2. The lowest BCUT2D eigenvalue weighted by Crippen LogP contribution is -2.29. The SMILES string of the molecule is O=C(CI)NCCNc1ccc2ccccc2c1S(=O)(=O)O. The van der Waals surface area contributed by atoms with Gasteiger partial charge in [0.1, 0.15) is 4.90 Å². The zero-order chi connectivity index (χ0) is 16.2. The molecule has 118 valence electrons. The summed E-state index contributed by atoms with van der Waals surface area (Å²) in [7, 11) is -4.37. The Morgan fingerprint density at radius 2 is 1.86 bits per heavy atom. The molecule has 0 radical (unpaired) electrons. The van der Waals surface area contributed by atoms with E-state index < -0.39 is 10.1 Å². The van der Waals surface area contributed by atoms with Gasteiger partial charge in [0.2, 0.25) is 5.91 Å². The van der Waals surface area contributed by atoms with Gasteiger partial charge in [-0.2, -0.15) is 8.42 Å². The van der Waals surface area contributed by atoms with Crippen LogP contribution in [0, 0.1) is 0 Å². The number of halogens is 1. The molecular formula is C14H15IN2O4S. The number of hydrogen-bond acceptors (Lipinski definition) is 4. The van der Waals surface area contributed by atoms with Crippen LogP contribution in [0.4, 0.5) is 5.69 Å². The van der Waals surface area contributed by atoms with Crippen molar-refractivity contribution in [2.24, 2.45) is 0 Å². The molecular weight excluding hydrogens is 419 g/mol. The molecule has 2 rings (SSSR count). The molecule has 0 saturated carbocycles. The number of hydrogen-bond donors (Lipinski definition) is 3. The monoisotopic (exact) mass is 434 g/mol. The van der Waals surface area contributed by atoms with Gasteiger partial charge in [0, 0.05) is 18.5 Å². The van der Waals surface area contributed by atoms with E-state index >= 15 is 0 Å². The number of amides is 1. The molecule has 6 nitrogen and oxygen atoms in total. The Morgan fingerprint density at radius 3 is 2.55 bits per heavy atom. The standard InChI is InChI=1S/C14H15IN2O4S/c15-9-13(18)17-8-7-16-12-6-5-10-3-1-2-4-11(10)14(12)22(19,20)21/h1-6,16H,7-9H2,(H,17,18)(H,19,20,21). The van der Waals surface area contributed by atoms with Crippen LogP contribution in [-0.4, -0.2) is 36.4 Å². The van der Waals surface area contributed by atoms with Gasteiger partial charge in [0.05, 0.1) is 10.1 Å². The Hall–Kier alpha value is -1.39. The Labute approximate surface area is 142 Å². The molecule has 0 aliphatic carbocycles. The van der Waals surface area contributed by atoms with Crippen molar-refractivity contribution < 1.29 is 17.8 Å². The second kappa shape index (κ2) is 7.25. The van der Waals surface area contributed by atoms with E-state index in [1.165, 1.54) is 0 Å². The van der Waals surface area contributed by atoms with Crippen molar-refractivity contribution in [1.82, 2.24) is 5.32 Å². The largest absolute Gasteiger partial charge is 0.382 e. The van der Waals surface area contributed by atoms with E-state index in [4.69, 9.17) is 0 Å². The number of fused-ring (bicyclic) bond motifs is 1. The first-order chi connectivity index (χ1) is 10.4.